The fourth-order valence-electron chi connectivity index (χ4n) is 3.30. The van der Waals surface area contributed by atoms with E-state index in [2.05, 4.69) is 38.3 Å². The molecule has 1 saturated heterocycles. The smallest absolute Gasteiger partial charge is 0.147 e. The largest absolute Gasteiger partial charge is 0.324 e. The molecule has 0 saturated carbocycles. The molecule has 0 spiro atoms. The molecule has 0 bridgehead atoms. The van der Waals surface area contributed by atoms with Gasteiger partial charge in [0, 0.05) is 48.8 Å². The number of pyridine rings is 1. The van der Waals surface area contributed by atoms with Crippen LogP contribution in [0.2, 0.25) is 5.02 Å². The van der Waals surface area contributed by atoms with Crippen molar-refractivity contribution in [1.29, 1.82) is 0 Å². The number of hydrogen-bond donors (Lipinski definition) is 1. The summed E-state index contributed by atoms with van der Waals surface area (Å²) in [7, 11) is 0. The molecular weight excluding hydrogens is 340 g/mol. The molecule has 3 heterocycles. The second-order valence-electron chi connectivity index (χ2n) is 6.14. The molecule has 2 aliphatic rings. The molecule has 1 aromatic carbocycles. The molecule has 0 aliphatic carbocycles. The first-order chi connectivity index (χ1) is 11.8. The molecule has 1 aromatic heterocycles. The van der Waals surface area contributed by atoms with Gasteiger partial charge in [-0.05, 0) is 43.3 Å². The van der Waals surface area contributed by atoms with Crippen LogP contribution in [0.1, 0.15) is 6.42 Å². The molecule has 24 heavy (non-hydrogen) atoms. The molecule has 0 radical (unpaired) electrons. The van der Waals surface area contributed by atoms with E-state index in [0.29, 0.717) is 0 Å². The number of hydrogen-bond acceptors (Lipinski definition) is 5. The van der Waals surface area contributed by atoms with Gasteiger partial charge in [0.05, 0.1) is 10.6 Å². The average molecular weight is 361 g/mol. The monoisotopic (exact) mass is 360 g/mol. The van der Waals surface area contributed by atoms with Gasteiger partial charge in [0.25, 0.3) is 0 Å². The van der Waals surface area contributed by atoms with Crippen LogP contribution >= 0.6 is 23.4 Å². The minimum atomic E-state index is 0.786. The Morgan fingerprint density at radius 3 is 2.88 bits per heavy atom. The number of halogens is 1. The topological polar surface area (TPSA) is 31.4 Å². The van der Waals surface area contributed by atoms with E-state index in [1.54, 1.807) is 11.8 Å². The van der Waals surface area contributed by atoms with Crippen molar-refractivity contribution in [2.45, 2.75) is 16.2 Å². The summed E-state index contributed by atoms with van der Waals surface area (Å²) in [5.41, 5.74) is 1.22. The van der Waals surface area contributed by atoms with Crippen molar-refractivity contribution in [2.24, 2.45) is 0 Å². The van der Waals surface area contributed by atoms with Crippen LogP contribution in [-0.4, -0.2) is 49.2 Å². The summed E-state index contributed by atoms with van der Waals surface area (Å²) < 4.78 is 0. The molecule has 6 heteroatoms. The number of benzene rings is 1. The second kappa shape index (κ2) is 7.31. The average Bonchev–Trinajstić information content (AvgIpc) is 2.62. The highest BCUT2D eigenvalue weighted by atomic mass is 35.5. The fourth-order valence-corrected chi connectivity index (χ4v) is 4.65. The van der Waals surface area contributed by atoms with Crippen LogP contribution in [0, 0.1) is 0 Å². The lowest BCUT2D eigenvalue weighted by molar-refractivity contribution is 0.239. The van der Waals surface area contributed by atoms with Gasteiger partial charge in [-0.15, -0.1) is 0 Å². The molecule has 126 valence electrons. The van der Waals surface area contributed by atoms with Gasteiger partial charge in [-0.25, -0.2) is 4.98 Å². The lowest BCUT2D eigenvalue weighted by Crippen LogP contribution is -2.44. The first-order valence-corrected chi connectivity index (χ1v) is 9.64. The van der Waals surface area contributed by atoms with Gasteiger partial charge in [0.2, 0.25) is 0 Å². The first kappa shape index (κ1) is 16.2. The summed E-state index contributed by atoms with van der Waals surface area (Å²) in [6.07, 6.45) is 3.01. The predicted octanol–water partition coefficient (Wildman–Crippen LogP) is 3.63. The molecular formula is C18H21ClN4S. The quantitative estimate of drug-likeness (QED) is 0.899. The Morgan fingerprint density at radius 1 is 1.12 bits per heavy atom. The molecule has 2 aromatic rings. The molecule has 4 rings (SSSR count). The highest BCUT2D eigenvalue weighted by Crippen LogP contribution is 2.47. The molecule has 4 nitrogen and oxygen atoms in total. The lowest BCUT2D eigenvalue weighted by atomic mass is 10.2. The number of nitrogens with one attached hydrogen (secondary N) is 1. The van der Waals surface area contributed by atoms with E-state index >= 15 is 0 Å². The molecule has 2 aliphatic heterocycles. The van der Waals surface area contributed by atoms with Gasteiger partial charge in [-0.2, -0.15) is 0 Å². The first-order valence-electron chi connectivity index (χ1n) is 8.44. The van der Waals surface area contributed by atoms with E-state index in [0.717, 1.165) is 56.5 Å². The Bertz CT molecular complexity index is 718. The van der Waals surface area contributed by atoms with E-state index in [4.69, 9.17) is 11.6 Å². The molecule has 1 fully saturated rings. The molecule has 0 amide bonds. The third-order valence-corrected chi connectivity index (χ3v) is 5.83. The van der Waals surface area contributed by atoms with Gasteiger partial charge in [0.15, 0.2) is 0 Å². The minimum Gasteiger partial charge on any atom is -0.324 e. The van der Waals surface area contributed by atoms with E-state index < -0.39 is 0 Å². The summed E-state index contributed by atoms with van der Waals surface area (Å²) in [4.78, 5) is 11.9. The van der Waals surface area contributed by atoms with E-state index in [9.17, 15) is 0 Å². The fraction of sp³-hybridized carbons (Fsp3) is 0.389. The molecule has 1 N–H and O–H groups in total. The zero-order chi connectivity index (χ0) is 16.4. The number of aromatic nitrogens is 1. The van der Waals surface area contributed by atoms with Gasteiger partial charge in [-0.1, -0.05) is 23.4 Å². The van der Waals surface area contributed by atoms with Crippen LogP contribution in [-0.2, 0) is 0 Å². The van der Waals surface area contributed by atoms with Gasteiger partial charge in [0.1, 0.15) is 5.82 Å². The van der Waals surface area contributed by atoms with Crippen LogP contribution in [0.15, 0.2) is 46.3 Å². The van der Waals surface area contributed by atoms with Gasteiger partial charge >= 0.3 is 0 Å². The number of fused-ring (bicyclic) bond motifs is 2. The van der Waals surface area contributed by atoms with Crippen molar-refractivity contribution in [3.63, 3.8) is 0 Å². The van der Waals surface area contributed by atoms with Crippen LogP contribution in [0.3, 0.4) is 0 Å². The maximum Gasteiger partial charge on any atom is 0.147 e. The van der Waals surface area contributed by atoms with Crippen molar-refractivity contribution < 1.29 is 0 Å². The van der Waals surface area contributed by atoms with Crippen molar-refractivity contribution in [3.05, 3.63) is 41.6 Å². The normalized spacial score (nSPS) is 17.5. The van der Waals surface area contributed by atoms with Crippen molar-refractivity contribution in [3.8, 4) is 0 Å². The Kier molecular flexibility index (Phi) is 4.94. The minimum absolute atomic E-state index is 0.786. The second-order valence-corrected chi connectivity index (χ2v) is 7.66. The summed E-state index contributed by atoms with van der Waals surface area (Å²) >= 11 is 7.95. The Hall–Kier alpha value is -1.27. The van der Waals surface area contributed by atoms with E-state index in [1.807, 2.05) is 18.3 Å². The molecule has 0 atom stereocenters. The molecule has 0 unspecified atom stereocenters. The third kappa shape index (κ3) is 3.40. The summed E-state index contributed by atoms with van der Waals surface area (Å²) in [5, 5.41) is 4.19. The Labute approximate surface area is 152 Å². The zero-order valence-corrected chi connectivity index (χ0v) is 15.1. The third-order valence-electron chi connectivity index (χ3n) is 4.50. The summed E-state index contributed by atoms with van der Waals surface area (Å²) in [5.74, 6) is 1.07. The van der Waals surface area contributed by atoms with Gasteiger partial charge < -0.3 is 15.1 Å². The highest BCUT2D eigenvalue weighted by molar-refractivity contribution is 7.99. The SMILES string of the molecule is Clc1ccc2c(c1)Sc1cccnc1N2CCCN1CCNCC1. The lowest BCUT2D eigenvalue weighted by Gasteiger charge is -2.33. The van der Waals surface area contributed by atoms with E-state index in [1.165, 1.54) is 15.5 Å². The maximum absolute atomic E-state index is 6.20. The highest BCUT2D eigenvalue weighted by Gasteiger charge is 2.24. The summed E-state index contributed by atoms with van der Waals surface area (Å²) in [6.45, 7) is 6.62. The predicted molar refractivity (Wildman–Crippen MR) is 101 cm³/mol. The van der Waals surface area contributed by atoms with Crippen LogP contribution in [0.5, 0.6) is 0 Å². The van der Waals surface area contributed by atoms with Crippen molar-refractivity contribution in [1.82, 2.24) is 15.2 Å². The summed E-state index contributed by atoms with van der Waals surface area (Å²) in [6, 6.07) is 10.3. The number of piperazine rings is 1. The standard InChI is InChI=1S/C18H21ClN4S/c19-14-4-5-15-17(13-14)24-16-3-1-6-21-18(16)23(15)10-2-9-22-11-7-20-8-12-22/h1,3-6,13,20H,2,7-12H2. The Balaban J connectivity index is 1.53. The zero-order valence-electron chi connectivity index (χ0n) is 13.5. The van der Waals surface area contributed by atoms with Crippen LogP contribution < -0.4 is 10.2 Å². The number of anilines is 2. The maximum atomic E-state index is 6.20. The number of nitrogens with zero attached hydrogens (tertiary/aromatic N) is 3. The van der Waals surface area contributed by atoms with Gasteiger partial charge in [-0.3, -0.25) is 0 Å². The van der Waals surface area contributed by atoms with Crippen LogP contribution in [0.4, 0.5) is 11.5 Å². The number of rotatable bonds is 4. The Morgan fingerprint density at radius 2 is 2.00 bits per heavy atom. The van der Waals surface area contributed by atoms with Crippen molar-refractivity contribution >= 4 is 34.9 Å². The van der Waals surface area contributed by atoms with E-state index in [-0.39, 0.29) is 0 Å². The van der Waals surface area contributed by atoms with Crippen LogP contribution in [0.25, 0.3) is 0 Å². The van der Waals surface area contributed by atoms with Crippen molar-refractivity contribution in [2.75, 3.05) is 44.2 Å².